The van der Waals surface area contributed by atoms with E-state index in [9.17, 15) is 4.79 Å². The summed E-state index contributed by atoms with van der Waals surface area (Å²) in [5.74, 6) is 0.704. The minimum absolute atomic E-state index is 0.208. The molecule has 28 heavy (non-hydrogen) atoms. The van der Waals surface area contributed by atoms with E-state index in [0.717, 1.165) is 35.0 Å². The normalized spacial score (nSPS) is 18.9. The van der Waals surface area contributed by atoms with Gasteiger partial charge in [0.1, 0.15) is 0 Å². The number of aromatic nitrogens is 1. The molecule has 1 aliphatic carbocycles. The molecule has 0 bridgehead atoms. The average Bonchev–Trinajstić information content (AvgIpc) is 3.46. The van der Waals surface area contributed by atoms with E-state index in [1.165, 1.54) is 11.9 Å². The number of carbonyl (C=O) groups is 1. The van der Waals surface area contributed by atoms with Crippen LogP contribution in [0.4, 0.5) is 0 Å². The van der Waals surface area contributed by atoms with Gasteiger partial charge in [-0.1, -0.05) is 48.0 Å². The Labute approximate surface area is 167 Å². The highest BCUT2D eigenvalue weighted by molar-refractivity contribution is 6.31. The topological polar surface area (TPSA) is 54.8 Å². The van der Waals surface area contributed by atoms with Crippen LogP contribution < -0.4 is 0 Å². The molecule has 0 radical (unpaired) electrons. The van der Waals surface area contributed by atoms with Gasteiger partial charge in [-0.25, -0.2) is 0 Å². The summed E-state index contributed by atoms with van der Waals surface area (Å²) in [6, 6.07) is 17.3. The minimum Gasteiger partial charge on any atom is -0.446 e. The lowest BCUT2D eigenvalue weighted by atomic mass is 10.1. The summed E-state index contributed by atoms with van der Waals surface area (Å²) in [5, 5.41) is 7.36. The summed E-state index contributed by atoms with van der Waals surface area (Å²) >= 11 is 6.36. The second-order valence-corrected chi connectivity index (χ2v) is 7.55. The second kappa shape index (κ2) is 6.60. The summed E-state index contributed by atoms with van der Waals surface area (Å²) in [6.07, 6.45) is 1.62. The van der Waals surface area contributed by atoms with Gasteiger partial charge in [0.15, 0.2) is 0 Å². The number of fused-ring (bicyclic) bond motifs is 1. The summed E-state index contributed by atoms with van der Waals surface area (Å²) in [4.78, 5) is 17.1. The average molecular weight is 392 g/mol. The molecule has 0 spiro atoms. The first-order chi connectivity index (χ1) is 13.6. The number of pyridine rings is 1. The second-order valence-electron chi connectivity index (χ2n) is 7.15. The molecule has 1 saturated carbocycles. The highest BCUT2D eigenvalue weighted by Gasteiger charge is 2.35. The van der Waals surface area contributed by atoms with E-state index in [-0.39, 0.29) is 5.91 Å². The molecule has 0 unspecified atom stereocenters. The van der Waals surface area contributed by atoms with Crippen LogP contribution in [0.15, 0.2) is 59.7 Å². The number of carbonyl (C=O) groups excluding carboxylic acids is 1. The molecular formula is C22H18ClN3O2. The van der Waals surface area contributed by atoms with Crippen molar-refractivity contribution >= 4 is 34.3 Å². The van der Waals surface area contributed by atoms with Crippen LogP contribution in [-0.2, 0) is 9.53 Å². The number of hydrogen-bond acceptors (Lipinski definition) is 4. The number of hydrazone groups is 1. The summed E-state index contributed by atoms with van der Waals surface area (Å²) in [7, 11) is 0. The van der Waals surface area contributed by atoms with Crippen molar-refractivity contribution in [2.24, 2.45) is 5.10 Å². The number of benzene rings is 2. The van der Waals surface area contributed by atoms with E-state index in [1.54, 1.807) is 6.07 Å². The Kier molecular flexibility index (Phi) is 4.05. The van der Waals surface area contributed by atoms with Gasteiger partial charge in [0, 0.05) is 40.1 Å². The van der Waals surface area contributed by atoms with Crippen molar-refractivity contribution in [2.45, 2.75) is 31.9 Å². The van der Waals surface area contributed by atoms with Crippen molar-refractivity contribution in [2.75, 3.05) is 0 Å². The van der Waals surface area contributed by atoms with Gasteiger partial charge in [0.2, 0.25) is 18.0 Å². The molecule has 3 aromatic rings. The molecular weight excluding hydrogens is 374 g/mol. The molecule has 1 atom stereocenters. The number of rotatable bonds is 3. The third-order valence-electron chi connectivity index (χ3n) is 5.10. The minimum atomic E-state index is -0.683. The molecule has 0 N–H and O–H groups in total. The van der Waals surface area contributed by atoms with Gasteiger partial charge in [-0.15, -0.1) is 5.10 Å². The maximum absolute atomic E-state index is 12.3. The van der Waals surface area contributed by atoms with E-state index in [0.29, 0.717) is 22.4 Å². The molecule has 140 valence electrons. The van der Waals surface area contributed by atoms with Gasteiger partial charge in [0.05, 0.1) is 5.52 Å². The molecule has 0 saturated heterocycles. The van der Waals surface area contributed by atoms with Gasteiger partial charge < -0.3 is 4.74 Å². The number of para-hydroxylation sites is 1. The Morgan fingerprint density at radius 3 is 2.64 bits per heavy atom. The van der Waals surface area contributed by atoms with Gasteiger partial charge in [-0.2, -0.15) is 5.01 Å². The highest BCUT2D eigenvalue weighted by Crippen LogP contribution is 2.41. The number of hydrogen-bond donors (Lipinski definition) is 0. The Hall–Kier alpha value is -2.92. The molecule has 2 heterocycles. The fraction of sp³-hybridized carbons (Fsp3) is 0.227. The Balaban J connectivity index is 1.63. The predicted molar refractivity (Wildman–Crippen MR) is 108 cm³/mol. The van der Waals surface area contributed by atoms with Crippen molar-refractivity contribution in [3.63, 3.8) is 0 Å². The fourth-order valence-corrected chi connectivity index (χ4v) is 3.74. The quantitative estimate of drug-likeness (QED) is 0.631. The zero-order chi connectivity index (χ0) is 19.3. The number of nitrogens with zero attached hydrogens (tertiary/aromatic N) is 3. The van der Waals surface area contributed by atoms with Gasteiger partial charge >= 0.3 is 0 Å². The molecule has 1 amide bonds. The van der Waals surface area contributed by atoms with E-state index in [4.69, 9.17) is 21.3 Å². The fourth-order valence-electron chi connectivity index (χ4n) is 3.51. The van der Waals surface area contributed by atoms with Crippen LogP contribution in [0.3, 0.4) is 0 Å². The Morgan fingerprint density at radius 1 is 1.14 bits per heavy atom. The van der Waals surface area contributed by atoms with Crippen molar-refractivity contribution in [3.05, 3.63) is 76.4 Å². The van der Waals surface area contributed by atoms with Crippen LogP contribution in [0.25, 0.3) is 10.9 Å². The van der Waals surface area contributed by atoms with Crippen LogP contribution in [0.1, 0.15) is 48.7 Å². The van der Waals surface area contributed by atoms with Crippen LogP contribution >= 0.6 is 11.6 Å². The largest absolute Gasteiger partial charge is 0.446 e. The van der Waals surface area contributed by atoms with Crippen LogP contribution in [0, 0.1) is 0 Å². The van der Waals surface area contributed by atoms with Crippen LogP contribution in [-0.4, -0.2) is 21.8 Å². The van der Waals surface area contributed by atoms with Crippen LogP contribution in [0.2, 0.25) is 5.02 Å². The van der Waals surface area contributed by atoms with Gasteiger partial charge in [-0.05, 0) is 31.0 Å². The third kappa shape index (κ3) is 2.92. The van der Waals surface area contributed by atoms with Crippen molar-refractivity contribution < 1.29 is 9.53 Å². The smallest absolute Gasteiger partial charge is 0.243 e. The molecule has 5 nitrogen and oxygen atoms in total. The first-order valence-corrected chi connectivity index (χ1v) is 9.69. The van der Waals surface area contributed by atoms with E-state index in [2.05, 4.69) is 5.10 Å². The molecule has 5 rings (SSSR count). The molecule has 1 fully saturated rings. The Bertz CT molecular complexity index is 1120. The molecule has 2 aliphatic rings. The van der Waals surface area contributed by atoms with Gasteiger partial charge in [-0.3, -0.25) is 9.78 Å². The van der Waals surface area contributed by atoms with Crippen molar-refractivity contribution in [1.82, 2.24) is 9.99 Å². The Morgan fingerprint density at radius 2 is 1.89 bits per heavy atom. The number of amides is 1. The number of halogens is 1. The summed E-state index contributed by atoms with van der Waals surface area (Å²) < 4.78 is 6.19. The zero-order valence-corrected chi connectivity index (χ0v) is 16.1. The molecule has 6 heteroatoms. The lowest BCUT2D eigenvalue weighted by Crippen LogP contribution is -2.25. The lowest BCUT2D eigenvalue weighted by Gasteiger charge is -2.20. The molecule has 1 aliphatic heterocycles. The maximum Gasteiger partial charge on any atom is 0.243 e. The SMILES string of the molecule is CC(=O)N1N=C(c2cc(C3CC3)nc3ccccc23)O[C@H]1c1ccccc1Cl. The van der Waals surface area contributed by atoms with E-state index in [1.807, 2.05) is 48.5 Å². The van der Waals surface area contributed by atoms with Crippen molar-refractivity contribution in [1.29, 1.82) is 0 Å². The zero-order valence-electron chi connectivity index (χ0n) is 15.3. The van der Waals surface area contributed by atoms with E-state index < -0.39 is 6.23 Å². The number of ether oxygens (including phenoxy) is 1. The summed E-state index contributed by atoms with van der Waals surface area (Å²) in [5.41, 5.74) is 3.52. The molecule has 2 aromatic carbocycles. The third-order valence-corrected chi connectivity index (χ3v) is 5.44. The first kappa shape index (κ1) is 17.2. The maximum atomic E-state index is 12.3. The summed E-state index contributed by atoms with van der Waals surface area (Å²) in [6.45, 7) is 1.47. The monoisotopic (exact) mass is 391 g/mol. The first-order valence-electron chi connectivity index (χ1n) is 9.31. The van der Waals surface area contributed by atoms with E-state index >= 15 is 0 Å². The highest BCUT2D eigenvalue weighted by atomic mass is 35.5. The predicted octanol–water partition coefficient (Wildman–Crippen LogP) is 5.00. The van der Waals surface area contributed by atoms with Gasteiger partial charge in [0.25, 0.3) is 0 Å². The molecule has 1 aromatic heterocycles. The standard InChI is InChI=1S/C22H18ClN3O2/c1-13(27)26-22(16-7-2-4-8-18(16)23)28-21(25-26)17-12-20(14-10-11-14)24-19-9-5-3-6-15(17)19/h2-9,12,14,22H,10-11H2,1H3/t22-/m0/s1. The van der Waals surface area contributed by atoms with Crippen LogP contribution in [0.5, 0.6) is 0 Å². The van der Waals surface area contributed by atoms with Crippen molar-refractivity contribution in [3.8, 4) is 0 Å². The lowest BCUT2D eigenvalue weighted by molar-refractivity contribution is -0.135.